The van der Waals surface area contributed by atoms with Crippen molar-refractivity contribution in [2.24, 2.45) is 0 Å². The van der Waals surface area contributed by atoms with Gasteiger partial charge in [-0.25, -0.2) is 8.78 Å². The molecule has 1 amide bonds. The summed E-state index contributed by atoms with van der Waals surface area (Å²) in [7, 11) is 0. The molecule has 154 valence electrons. The zero-order valence-electron chi connectivity index (χ0n) is 15.2. The molecule has 10 heteroatoms. The van der Waals surface area contributed by atoms with Gasteiger partial charge < -0.3 is 20.5 Å². The number of amides is 1. The van der Waals surface area contributed by atoms with E-state index in [-0.39, 0.29) is 47.8 Å². The molecule has 1 aliphatic rings. The summed E-state index contributed by atoms with van der Waals surface area (Å²) in [4.78, 5) is 22.8. The smallest absolute Gasteiger partial charge is 0.293 e. The zero-order valence-corrected chi connectivity index (χ0v) is 15.2. The molecule has 29 heavy (non-hydrogen) atoms. The molecule has 0 radical (unpaired) electrons. The molecule has 0 saturated heterocycles. The number of halogens is 2. The van der Waals surface area contributed by atoms with Gasteiger partial charge in [0.15, 0.2) is 11.6 Å². The Kier molecular flexibility index (Phi) is 6.23. The molecule has 1 saturated carbocycles. The number of nitrogens with zero attached hydrogens (tertiary/aromatic N) is 1. The SMILES string of the molecule is O=C(NC1CC1)c1ccc(NCC(O)COc2ccc(F)c(F)c2)c([N+](=O)[O-])c1. The summed E-state index contributed by atoms with van der Waals surface area (Å²) in [5.41, 5.74) is 0.00314. The van der Waals surface area contributed by atoms with E-state index < -0.39 is 22.7 Å². The van der Waals surface area contributed by atoms with Gasteiger partial charge in [-0.1, -0.05) is 0 Å². The second-order valence-corrected chi connectivity index (χ2v) is 6.66. The summed E-state index contributed by atoms with van der Waals surface area (Å²) >= 11 is 0. The Morgan fingerprint density at radius 3 is 2.66 bits per heavy atom. The summed E-state index contributed by atoms with van der Waals surface area (Å²) in [6.45, 7) is -0.341. The highest BCUT2D eigenvalue weighted by Gasteiger charge is 2.25. The normalized spacial score (nSPS) is 14.2. The maximum absolute atomic E-state index is 13.1. The van der Waals surface area contributed by atoms with Crippen LogP contribution in [0.2, 0.25) is 0 Å². The predicted octanol–water partition coefficient (Wildman–Crippen LogP) is 2.62. The molecule has 0 bridgehead atoms. The Bertz CT molecular complexity index is 921. The topological polar surface area (TPSA) is 114 Å². The van der Waals surface area contributed by atoms with E-state index in [0.29, 0.717) is 0 Å². The highest BCUT2D eigenvalue weighted by atomic mass is 19.2. The van der Waals surface area contributed by atoms with Crippen molar-refractivity contribution in [3.8, 4) is 5.75 Å². The number of hydrogen-bond donors (Lipinski definition) is 3. The van der Waals surface area contributed by atoms with Crippen LogP contribution in [0.25, 0.3) is 0 Å². The number of benzene rings is 2. The first-order valence-electron chi connectivity index (χ1n) is 8.92. The van der Waals surface area contributed by atoms with Crippen molar-refractivity contribution in [1.29, 1.82) is 0 Å². The fraction of sp³-hybridized carbons (Fsp3) is 0.316. The van der Waals surface area contributed by atoms with E-state index in [9.17, 15) is 28.8 Å². The van der Waals surface area contributed by atoms with Crippen molar-refractivity contribution < 1.29 is 28.3 Å². The van der Waals surface area contributed by atoms with Crippen molar-refractivity contribution in [2.75, 3.05) is 18.5 Å². The standard InChI is InChI=1S/C19H19F2N3O5/c20-15-5-4-14(8-16(15)21)29-10-13(25)9-22-17-6-1-11(7-18(17)24(27)28)19(26)23-12-2-3-12/h1,4-8,12-13,22,25H,2-3,9-10H2,(H,23,26). The maximum Gasteiger partial charge on any atom is 0.293 e. The lowest BCUT2D eigenvalue weighted by Gasteiger charge is -2.14. The van der Waals surface area contributed by atoms with Crippen LogP contribution in [0.4, 0.5) is 20.2 Å². The van der Waals surface area contributed by atoms with Gasteiger partial charge in [-0.2, -0.15) is 0 Å². The molecule has 2 aromatic carbocycles. The Labute approximate surface area is 164 Å². The van der Waals surface area contributed by atoms with E-state index in [2.05, 4.69) is 10.6 Å². The van der Waals surface area contributed by atoms with Crippen molar-refractivity contribution in [1.82, 2.24) is 5.32 Å². The fourth-order valence-corrected chi connectivity index (χ4v) is 2.52. The Balaban J connectivity index is 1.57. The van der Waals surface area contributed by atoms with Crippen LogP contribution in [0, 0.1) is 21.7 Å². The summed E-state index contributed by atoms with van der Waals surface area (Å²) < 4.78 is 31.2. The van der Waals surface area contributed by atoms with Gasteiger partial charge in [0.25, 0.3) is 11.6 Å². The van der Waals surface area contributed by atoms with E-state index in [4.69, 9.17) is 4.74 Å². The van der Waals surface area contributed by atoms with Crippen LogP contribution in [0.1, 0.15) is 23.2 Å². The third-order valence-electron chi connectivity index (χ3n) is 4.23. The molecule has 1 fully saturated rings. The minimum atomic E-state index is -1.08. The fourth-order valence-electron chi connectivity index (χ4n) is 2.52. The molecule has 2 aromatic rings. The van der Waals surface area contributed by atoms with E-state index in [1.54, 1.807) is 0 Å². The number of anilines is 1. The van der Waals surface area contributed by atoms with Crippen LogP contribution in [-0.4, -0.2) is 41.2 Å². The Morgan fingerprint density at radius 1 is 1.24 bits per heavy atom. The van der Waals surface area contributed by atoms with Gasteiger partial charge in [-0.05, 0) is 37.1 Å². The lowest BCUT2D eigenvalue weighted by Crippen LogP contribution is -2.27. The van der Waals surface area contributed by atoms with Gasteiger partial charge >= 0.3 is 0 Å². The van der Waals surface area contributed by atoms with E-state index in [1.807, 2.05) is 0 Å². The van der Waals surface area contributed by atoms with Crippen LogP contribution in [-0.2, 0) is 0 Å². The zero-order chi connectivity index (χ0) is 21.0. The number of nitro benzene ring substituents is 1. The summed E-state index contributed by atoms with van der Waals surface area (Å²) in [6.07, 6.45) is 0.719. The molecule has 8 nitrogen and oxygen atoms in total. The first kappa shape index (κ1) is 20.5. The average Bonchev–Trinajstić information content (AvgIpc) is 3.51. The molecule has 3 N–H and O–H groups in total. The summed E-state index contributed by atoms with van der Waals surface area (Å²) in [5.74, 6) is -2.42. The van der Waals surface area contributed by atoms with Crippen LogP contribution < -0.4 is 15.4 Å². The second kappa shape index (κ2) is 8.82. The van der Waals surface area contributed by atoms with Gasteiger partial charge in [-0.15, -0.1) is 0 Å². The van der Waals surface area contributed by atoms with Gasteiger partial charge in [0.05, 0.1) is 4.92 Å². The van der Waals surface area contributed by atoms with Crippen LogP contribution in [0.15, 0.2) is 36.4 Å². The molecule has 1 atom stereocenters. The minimum Gasteiger partial charge on any atom is -0.491 e. The van der Waals surface area contributed by atoms with Gasteiger partial charge in [-0.3, -0.25) is 14.9 Å². The molecule has 0 heterocycles. The Hall–Kier alpha value is -3.27. The lowest BCUT2D eigenvalue weighted by molar-refractivity contribution is -0.384. The second-order valence-electron chi connectivity index (χ2n) is 6.66. The highest BCUT2D eigenvalue weighted by Crippen LogP contribution is 2.26. The lowest BCUT2D eigenvalue weighted by atomic mass is 10.1. The van der Waals surface area contributed by atoms with Gasteiger partial charge in [0.2, 0.25) is 0 Å². The number of ether oxygens (including phenoxy) is 1. The number of carbonyl (C=O) groups excluding carboxylic acids is 1. The van der Waals surface area contributed by atoms with E-state index in [1.165, 1.54) is 24.3 Å². The molecule has 0 aliphatic heterocycles. The van der Waals surface area contributed by atoms with Crippen molar-refractivity contribution in [2.45, 2.75) is 25.0 Å². The third kappa shape index (κ3) is 5.61. The Morgan fingerprint density at radius 2 is 2.00 bits per heavy atom. The first-order valence-corrected chi connectivity index (χ1v) is 8.92. The molecule has 3 rings (SSSR count). The summed E-state index contributed by atoms with van der Waals surface area (Å²) in [5, 5.41) is 26.8. The molecule has 0 aromatic heterocycles. The van der Waals surface area contributed by atoms with Crippen LogP contribution in [0.3, 0.4) is 0 Å². The van der Waals surface area contributed by atoms with Crippen molar-refractivity contribution in [3.05, 3.63) is 63.7 Å². The van der Waals surface area contributed by atoms with E-state index in [0.717, 1.165) is 25.0 Å². The molecular weight excluding hydrogens is 388 g/mol. The van der Waals surface area contributed by atoms with Gasteiger partial charge in [0.1, 0.15) is 24.1 Å². The monoisotopic (exact) mass is 407 g/mol. The largest absolute Gasteiger partial charge is 0.491 e. The number of aliphatic hydroxyl groups is 1. The number of nitro groups is 1. The number of hydrogen-bond acceptors (Lipinski definition) is 6. The average molecular weight is 407 g/mol. The quantitative estimate of drug-likeness (QED) is 0.435. The van der Waals surface area contributed by atoms with Crippen molar-refractivity contribution >= 4 is 17.3 Å². The third-order valence-corrected chi connectivity index (χ3v) is 4.23. The minimum absolute atomic E-state index is 0.0416. The number of aliphatic hydroxyl groups excluding tert-OH is 1. The molecule has 0 spiro atoms. The van der Waals surface area contributed by atoms with E-state index >= 15 is 0 Å². The molecule has 1 unspecified atom stereocenters. The summed E-state index contributed by atoms with van der Waals surface area (Å²) in [6, 6.07) is 7.12. The maximum atomic E-state index is 13.1. The number of nitrogens with one attached hydrogen (secondary N) is 2. The first-order chi connectivity index (χ1) is 13.8. The number of rotatable bonds is 9. The van der Waals surface area contributed by atoms with Gasteiger partial charge in [0, 0.05) is 30.3 Å². The van der Waals surface area contributed by atoms with Crippen LogP contribution in [0.5, 0.6) is 5.75 Å². The highest BCUT2D eigenvalue weighted by molar-refractivity contribution is 5.96. The van der Waals surface area contributed by atoms with Crippen molar-refractivity contribution in [3.63, 3.8) is 0 Å². The molecule has 1 aliphatic carbocycles. The molecular formula is C19H19F2N3O5. The predicted molar refractivity (Wildman–Crippen MR) is 99.9 cm³/mol. The van der Waals surface area contributed by atoms with Crippen LogP contribution >= 0.6 is 0 Å². The number of carbonyl (C=O) groups is 1.